The van der Waals surface area contributed by atoms with Crippen LogP contribution in [-0.4, -0.2) is 36.0 Å². The van der Waals surface area contributed by atoms with E-state index in [1.165, 1.54) is 29.8 Å². The summed E-state index contributed by atoms with van der Waals surface area (Å²) in [5.41, 5.74) is 0.484. The molecule has 0 saturated heterocycles. The first-order valence-electron chi connectivity index (χ1n) is 9.17. The topological polar surface area (TPSA) is 122 Å². The van der Waals surface area contributed by atoms with Gasteiger partial charge in [-0.3, -0.25) is 14.4 Å². The lowest BCUT2D eigenvalue weighted by atomic mass is 9.82. The standard InChI is InChI=1S/C20H18N2O6S2/c1-28-20(27)12-5-7-30-18(12)21-15(23)11-4-6-29-17(11)22-16(24)13-9-2-3-10(8-9)14(13)19(25)26/h2-7,9-10,13-14H,8H2,1H3,(H,21,23)(H,22,24)(H,25,26)/t9-,10-,13-,14+/m0/s1. The maximum atomic E-state index is 12.9. The Kier molecular flexibility index (Phi) is 5.44. The number of esters is 1. The van der Waals surface area contributed by atoms with Crippen LogP contribution < -0.4 is 10.6 Å². The second kappa shape index (κ2) is 8.04. The fourth-order valence-electron chi connectivity index (χ4n) is 4.14. The van der Waals surface area contributed by atoms with Crippen molar-refractivity contribution in [1.82, 2.24) is 0 Å². The predicted octanol–water partition coefficient (Wildman–Crippen LogP) is 3.31. The lowest BCUT2D eigenvalue weighted by Crippen LogP contribution is -2.36. The lowest BCUT2D eigenvalue weighted by molar-refractivity contribution is -0.146. The number of aliphatic carboxylic acids is 1. The predicted molar refractivity (Wildman–Crippen MR) is 112 cm³/mol. The van der Waals surface area contributed by atoms with E-state index < -0.39 is 35.6 Å². The Morgan fingerprint density at radius 1 is 0.967 bits per heavy atom. The minimum atomic E-state index is -0.982. The van der Waals surface area contributed by atoms with Gasteiger partial charge in [0.2, 0.25) is 5.91 Å². The van der Waals surface area contributed by atoms with E-state index in [4.69, 9.17) is 4.74 Å². The van der Waals surface area contributed by atoms with Gasteiger partial charge in [-0.15, -0.1) is 22.7 Å². The summed E-state index contributed by atoms with van der Waals surface area (Å²) in [6, 6.07) is 3.12. The van der Waals surface area contributed by atoms with Gasteiger partial charge < -0.3 is 20.5 Å². The SMILES string of the molecule is COC(=O)c1ccsc1NC(=O)c1ccsc1NC(=O)[C@@H]1[C@H](C(=O)O)[C@H]2C=C[C@H]1C2. The lowest BCUT2D eigenvalue weighted by Gasteiger charge is -2.23. The van der Waals surface area contributed by atoms with Gasteiger partial charge in [0.1, 0.15) is 10.0 Å². The summed E-state index contributed by atoms with van der Waals surface area (Å²) in [7, 11) is 1.26. The minimum absolute atomic E-state index is 0.109. The van der Waals surface area contributed by atoms with E-state index in [2.05, 4.69) is 10.6 Å². The average molecular weight is 447 g/mol. The van der Waals surface area contributed by atoms with Crippen molar-refractivity contribution in [3.05, 3.63) is 46.2 Å². The number of carboxylic acids is 1. The van der Waals surface area contributed by atoms with Crippen LogP contribution in [0.25, 0.3) is 0 Å². The number of fused-ring (bicyclic) bond motifs is 2. The fraction of sp³-hybridized carbons (Fsp3) is 0.300. The van der Waals surface area contributed by atoms with Gasteiger partial charge in [0, 0.05) is 0 Å². The monoisotopic (exact) mass is 446 g/mol. The van der Waals surface area contributed by atoms with Crippen LogP contribution in [0.3, 0.4) is 0 Å². The molecule has 2 aliphatic carbocycles. The Bertz CT molecular complexity index is 1060. The summed E-state index contributed by atoms with van der Waals surface area (Å²) < 4.78 is 4.70. The van der Waals surface area contributed by atoms with Gasteiger partial charge in [0.05, 0.1) is 30.1 Å². The number of carboxylic acid groups (broad SMARTS) is 1. The molecular weight excluding hydrogens is 428 g/mol. The summed E-state index contributed by atoms with van der Waals surface area (Å²) in [4.78, 5) is 49.1. The first-order valence-corrected chi connectivity index (χ1v) is 10.9. The molecule has 0 aliphatic heterocycles. The summed E-state index contributed by atoms with van der Waals surface area (Å²) in [5.74, 6) is -4.10. The van der Waals surface area contributed by atoms with Gasteiger partial charge in [0.15, 0.2) is 0 Å². The number of thiophene rings is 2. The molecule has 8 nitrogen and oxygen atoms in total. The number of hydrogen-bond acceptors (Lipinski definition) is 7. The summed E-state index contributed by atoms with van der Waals surface area (Å²) >= 11 is 2.36. The quantitative estimate of drug-likeness (QED) is 0.462. The number of hydrogen-bond donors (Lipinski definition) is 3. The van der Waals surface area contributed by atoms with Crippen LogP contribution in [0.4, 0.5) is 10.0 Å². The highest BCUT2D eigenvalue weighted by Crippen LogP contribution is 2.48. The zero-order valence-electron chi connectivity index (χ0n) is 15.8. The van der Waals surface area contributed by atoms with Gasteiger partial charge in [-0.05, 0) is 41.1 Å². The highest BCUT2D eigenvalue weighted by molar-refractivity contribution is 7.15. The Balaban J connectivity index is 1.50. The second-order valence-electron chi connectivity index (χ2n) is 7.10. The molecule has 2 aliphatic rings. The molecule has 2 aromatic heterocycles. The molecular formula is C20H18N2O6S2. The number of rotatable bonds is 6. The molecule has 1 fully saturated rings. The smallest absolute Gasteiger partial charge is 0.340 e. The van der Waals surface area contributed by atoms with Gasteiger partial charge in [0.25, 0.3) is 5.91 Å². The molecule has 3 N–H and O–H groups in total. The molecule has 4 atom stereocenters. The summed E-state index contributed by atoms with van der Waals surface area (Å²) in [6.07, 6.45) is 4.43. The Morgan fingerprint density at radius 2 is 1.57 bits per heavy atom. The van der Waals surface area contributed by atoms with E-state index in [1.807, 2.05) is 12.2 Å². The van der Waals surface area contributed by atoms with Crippen LogP contribution in [0, 0.1) is 23.7 Å². The molecule has 2 heterocycles. The third-order valence-electron chi connectivity index (χ3n) is 5.49. The van der Waals surface area contributed by atoms with Crippen molar-refractivity contribution in [3.8, 4) is 0 Å². The van der Waals surface area contributed by atoms with Gasteiger partial charge in [-0.1, -0.05) is 12.2 Å². The van der Waals surface area contributed by atoms with Crippen LogP contribution >= 0.6 is 22.7 Å². The van der Waals surface area contributed by atoms with Crippen molar-refractivity contribution >= 4 is 56.4 Å². The first-order chi connectivity index (χ1) is 14.4. The largest absolute Gasteiger partial charge is 0.481 e. The number of carbonyl (C=O) groups excluding carboxylic acids is 3. The van der Waals surface area contributed by atoms with Crippen molar-refractivity contribution in [2.45, 2.75) is 6.42 Å². The third kappa shape index (κ3) is 3.52. The van der Waals surface area contributed by atoms with E-state index in [0.29, 0.717) is 16.4 Å². The van der Waals surface area contributed by atoms with Crippen molar-refractivity contribution in [2.75, 3.05) is 17.7 Å². The summed E-state index contributed by atoms with van der Waals surface area (Å²) in [5, 5.41) is 19.0. The molecule has 0 aromatic carbocycles. The number of amides is 2. The number of ether oxygens (including phenoxy) is 1. The fourth-order valence-corrected chi connectivity index (χ4v) is 5.70. The Labute approximate surface area is 179 Å². The van der Waals surface area contributed by atoms with Gasteiger partial charge >= 0.3 is 11.9 Å². The van der Waals surface area contributed by atoms with Crippen LogP contribution in [0.2, 0.25) is 0 Å². The molecule has 2 aromatic rings. The minimum Gasteiger partial charge on any atom is -0.481 e. The maximum Gasteiger partial charge on any atom is 0.340 e. The second-order valence-corrected chi connectivity index (χ2v) is 8.93. The first kappa shape index (κ1) is 20.3. The van der Waals surface area contributed by atoms with E-state index in [1.54, 1.807) is 22.9 Å². The highest BCUT2D eigenvalue weighted by atomic mass is 32.1. The van der Waals surface area contributed by atoms with Gasteiger partial charge in [-0.25, -0.2) is 4.79 Å². The highest BCUT2D eigenvalue weighted by Gasteiger charge is 2.51. The molecule has 1 saturated carbocycles. The van der Waals surface area contributed by atoms with Crippen molar-refractivity contribution < 1.29 is 29.0 Å². The third-order valence-corrected chi connectivity index (χ3v) is 7.15. The zero-order valence-corrected chi connectivity index (χ0v) is 17.4. The number of allylic oxidation sites excluding steroid dienone is 2. The Morgan fingerprint density at radius 3 is 2.20 bits per heavy atom. The van der Waals surface area contributed by atoms with E-state index in [0.717, 1.165) is 0 Å². The van der Waals surface area contributed by atoms with Crippen LogP contribution in [0.5, 0.6) is 0 Å². The molecule has 0 radical (unpaired) electrons. The van der Waals surface area contributed by atoms with Crippen molar-refractivity contribution in [3.63, 3.8) is 0 Å². The van der Waals surface area contributed by atoms with E-state index in [-0.39, 0.29) is 23.0 Å². The molecule has 4 rings (SSSR count). The zero-order chi connectivity index (χ0) is 21.4. The van der Waals surface area contributed by atoms with E-state index >= 15 is 0 Å². The van der Waals surface area contributed by atoms with Crippen LogP contribution in [0.1, 0.15) is 27.1 Å². The van der Waals surface area contributed by atoms with Crippen LogP contribution in [-0.2, 0) is 14.3 Å². The van der Waals surface area contributed by atoms with Crippen LogP contribution in [0.15, 0.2) is 35.0 Å². The number of methoxy groups -OCH3 is 1. The molecule has 156 valence electrons. The number of nitrogens with one attached hydrogen (secondary N) is 2. The maximum absolute atomic E-state index is 12.9. The molecule has 2 bridgehead atoms. The number of anilines is 2. The molecule has 0 unspecified atom stereocenters. The molecule has 10 heteroatoms. The normalized spacial score (nSPS) is 23.9. The molecule has 0 spiro atoms. The summed E-state index contributed by atoms with van der Waals surface area (Å²) in [6.45, 7) is 0. The molecule has 2 amide bonds. The Hall–Kier alpha value is -2.98. The number of carbonyl (C=O) groups is 4. The van der Waals surface area contributed by atoms with E-state index in [9.17, 15) is 24.3 Å². The van der Waals surface area contributed by atoms with Crippen molar-refractivity contribution in [2.24, 2.45) is 23.7 Å². The van der Waals surface area contributed by atoms with Crippen molar-refractivity contribution in [1.29, 1.82) is 0 Å². The average Bonchev–Trinajstić information content (AvgIpc) is 3.50. The van der Waals surface area contributed by atoms with Gasteiger partial charge in [-0.2, -0.15) is 0 Å². The molecule has 30 heavy (non-hydrogen) atoms.